The lowest BCUT2D eigenvalue weighted by Gasteiger charge is -2.23. The van der Waals surface area contributed by atoms with Gasteiger partial charge in [-0.05, 0) is 0 Å². The molecule has 0 spiro atoms. The van der Waals surface area contributed by atoms with Crippen molar-refractivity contribution in [2.45, 2.75) is 24.5 Å². The van der Waals surface area contributed by atoms with Crippen LogP contribution in [0, 0.1) is 0 Å². The number of aromatic nitrogens is 2. The molecule has 14 nitrogen and oxygen atoms in total. The van der Waals surface area contributed by atoms with Crippen molar-refractivity contribution in [1.82, 2.24) is 9.55 Å². The highest BCUT2D eigenvalue weighted by Gasteiger charge is 2.49. The molecule has 5 N–H and O–H groups in total. The maximum Gasteiger partial charge on any atom is 0.746 e. The molecule has 0 bridgehead atoms. The van der Waals surface area contributed by atoms with Gasteiger partial charge in [-0.25, -0.2) is 13.9 Å². The molecule has 2 heterocycles. The summed E-state index contributed by atoms with van der Waals surface area (Å²) >= 11 is 0. The second kappa shape index (κ2) is 10.7. The third kappa shape index (κ3) is 7.02. The summed E-state index contributed by atoms with van der Waals surface area (Å²) < 4.78 is 40.4. The molecule has 1 unspecified atom stereocenters. The van der Waals surface area contributed by atoms with Crippen LogP contribution < -0.4 is 11.2 Å². The minimum Gasteiger partial charge on any atom is -0.394 e. The lowest BCUT2D eigenvalue weighted by atomic mass is 10.1. The minimum atomic E-state index is -4.87. The van der Waals surface area contributed by atoms with E-state index in [2.05, 4.69) is 15.6 Å². The molecule has 0 radical (unpaired) electrons. The Morgan fingerprint density at radius 3 is 2.46 bits per heavy atom. The van der Waals surface area contributed by atoms with Gasteiger partial charge in [0.2, 0.25) is 0 Å². The summed E-state index contributed by atoms with van der Waals surface area (Å²) in [6.45, 7) is 2.42. The summed E-state index contributed by atoms with van der Waals surface area (Å²) in [5.41, 5.74) is -1.41. The Kier molecular flexibility index (Phi) is 9.30. The van der Waals surface area contributed by atoms with Crippen molar-refractivity contribution >= 4 is 16.1 Å². The summed E-state index contributed by atoms with van der Waals surface area (Å²) in [7, 11) is -6.11. The van der Waals surface area contributed by atoms with Gasteiger partial charge >= 0.3 is 21.8 Å². The number of nitrogens with zero attached hydrogens (tertiary/aromatic N) is 1. The number of hydrogen-bond donors (Lipinski definition) is 5. The smallest absolute Gasteiger partial charge is 0.394 e. The maximum absolute atomic E-state index is 11.8. The van der Waals surface area contributed by atoms with Crippen LogP contribution in [0.4, 0.5) is 0 Å². The maximum atomic E-state index is 11.8. The SMILES string of the molecule is C=CO[P+](=O)O.CO[C@@H]1[C@H](OP(=O)(O)O)[C@@H](CO)O[C@H]1n1ccc(=O)[nH]c1=O. The molecule has 16 heteroatoms. The summed E-state index contributed by atoms with van der Waals surface area (Å²) in [5.74, 6) is 0. The molecule has 2 rings (SSSR count). The summed E-state index contributed by atoms with van der Waals surface area (Å²) in [6.07, 6.45) is -2.59. The first-order valence-corrected chi connectivity index (χ1v) is 9.98. The number of phosphoric acid groups is 1. The summed E-state index contributed by atoms with van der Waals surface area (Å²) in [4.78, 5) is 50.5. The number of methoxy groups -OCH3 is 1. The van der Waals surface area contributed by atoms with Crippen molar-refractivity contribution in [3.63, 3.8) is 0 Å². The van der Waals surface area contributed by atoms with Crippen LogP contribution in [0.1, 0.15) is 6.23 Å². The van der Waals surface area contributed by atoms with Crippen molar-refractivity contribution in [2.75, 3.05) is 13.7 Å². The molecule has 158 valence electrons. The van der Waals surface area contributed by atoms with E-state index in [1.807, 2.05) is 4.98 Å². The number of H-pyrrole nitrogens is 1. The highest BCUT2D eigenvalue weighted by atomic mass is 31.2. The Morgan fingerprint density at radius 1 is 1.43 bits per heavy atom. The molecule has 1 aromatic rings. The lowest BCUT2D eigenvalue weighted by molar-refractivity contribution is -0.0625. The number of hydrogen-bond acceptors (Lipinski definition) is 9. The Bertz CT molecular complexity index is 832. The first kappa shape index (κ1) is 24.3. The molecular weight excluding hydrogens is 426 g/mol. The van der Waals surface area contributed by atoms with Gasteiger partial charge in [-0.3, -0.25) is 18.9 Å². The fraction of sp³-hybridized carbons (Fsp3) is 0.500. The second-order valence-electron chi connectivity index (χ2n) is 5.04. The first-order valence-electron chi connectivity index (χ1n) is 7.32. The van der Waals surface area contributed by atoms with Crippen molar-refractivity contribution in [3.05, 3.63) is 45.9 Å². The third-order valence-electron chi connectivity index (χ3n) is 3.29. The standard InChI is InChI=1S/C10H15N2O9P.C2H3O3P/c1-19-8-7(21-22(16,17)18)5(4-13)20-9(8)12-3-2-6(14)11-10(12)15;1-2-5-6(3)4/h2-3,5,7-9,13H,4H2,1H3,(H,11,14,15)(H2,16,17,18);2H,1H2/p+1/t5-,7-,8-,9-;/m1./s1. The molecule has 0 aliphatic carbocycles. The van der Waals surface area contributed by atoms with Gasteiger partial charge < -0.3 is 24.4 Å². The number of aromatic amines is 1. The predicted molar refractivity (Wildman–Crippen MR) is 91.1 cm³/mol. The van der Waals surface area contributed by atoms with Crippen LogP contribution in [0.2, 0.25) is 0 Å². The van der Waals surface area contributed by atoms with E-state index in [0.717, 1.165) is 23.1 Å². The van der Waals surface area contributed by atoms with Crippen LogP contribution in [-0.2, 0) is 27.7 Å². The highest BCUT2D eigenvalue weighted by molar-refractivity contribution is 7.46. The Labute approximate surface area is 158 Å². The fourth-order valence-corrected chi connectivity index (χ4v) is 3.01. The number of phosphoric ester groups is 1. The van der Waals surface area contributed by atoms with Gasteiger partial charge in [0.1, 0.15) is 24.6 Å². The molecule has 0 amide bonds. The van der Waals surface area contributed by atoms with E-state index in [4.69, 9.17) is 24.2 Å². The minimum absolute atomic E-state index is 0.612. The largest absolute Gasteiger partial charge is 0.746 e. The average molecular weight is 445 g/mol. The Hall–Kier alpha value is -1.73. The van der Waals surface area contributed by atoms with Crippen molar-refractivity contribution < 1.29 is 47.4 Å². The van der Waals surface area contributed by atoms with Crippen LogP contribution in [0.5, 0.6) is 0 Å². The lowest BCUT2D eigenvalue weighted by Crippen LogP contribution is -2.39. The Balaban J connectivity index is 0.000000568. The van der Waals surface area contributed by atoms with E-state index in [9.17, 15) is 23.8 Å². The molecule has 1 fully saturated rings. The average Bonchev–Trinajstić information content (AvgIpc) is 2.90. The highest BCUT2D eigenvalue weighted by Crippen LogP contribution is 2.44. The van der Waals surface area contributed by atoms with Crippen LogP contribution in [0.3, 0.4) is 0 Å². The zero-order chi connectivity index (χ0) is 21.5. The van der Waals surface area contributed by atoms with Crippen LogP contribution in [0.15, 0.2) is 34.7 Å². The predicted octanol–water partition coefficient (Wildman–Crippen LogP) is -1.28. The number of aliphatic hydroxyl groups is 1. The molecule has 1 aliphatic rings. The van der Waals surface area contributed by atoms with Gasteiger partial charge in [0.05, 0.1) is 6.61 Å². The van der Waals surface area contributed by atoms with E-state index >= 15 is 0 Å². The monoisotopic (exact) mass is 445 g/mol. The number of rotatable bonds is 7. The summed E-state index contributed by atoms with van der Waals surface area (Å²) in [5, 5.41) is 9.27. The Morgan fingerprint density at radius 2 is 2.07 bits per heavy atom. The molecule has 1 aromatic heterocycles. The molecule has 0 aromatic carbocycles. The summed E-state index contributed by atoms with van der Waals surface area (Å²) in [6, 6.07) is 1.07. The number of ether oxygens (including phenoxy) is 2. The van der Waals surface area contributed by atoms with Crippen LogP contribution in [-0.4, -0.2) is 61.4 Å². The van der Waals surface area contributed by atoms with E-state index in [-0.39, 0.29) is 0 Å². The van der Waals surface area contributed by atoms with Crippen molar-refractivity contribution in [1.29, 1.82) is 0 Å². The van der Waals surface area contributed by atoms with E-state index in [0.29, 0.717) is 0 Å². The molecule has 5 atom stereocenters. The molecule has 1 saturated heterocycles. The third-order valence-corrected chi connectivity index (χ3v) is 4.13. The molecule has 0 saturated carbocycles. The molecule has 28 heavy (non-hydrogen) atoms. The van der Waals surface area contributed by atoms with Gasteiger partial charge in [0.25, 0.3) is 5.56 Å². The molecular formula is C12H19N2O12P2+. The van der Waals surface area contributed by atoms with E-state index < -0.39 is 58.5 Å². The zero-order valence-corrected chi connectivity index (χ0v) is 16.1. The van der Waals surface area contributed by atoms with Crippen LogP contribution >= 0.6 is 16.1 Å². The zero-order valence-electron chi connectivity index (χ0n) is 14.4. The van der Waals surface area contributed by atoms with Gasteiger partial charge in [-0.1, -0.05) is 6.58 Å². The normalized spacial score (nSPS) is 24.8. The number of aliphatic hydroxyl groups excluding tert-OH is 1. The van der Waals surface area contributed by atoms with Crippen molar-refractivity contribution in [2.24, 2.45) is 0 Å². The molecule has 1 aliphatic heterocycles. The van der Waals surface area contributed by atoms with Crippen LogP contribution in [0.25, 0.3) is 0 Å². The second-order valence-corrected chi connectivity index (χ2v) is 6.91. The van der Waals surface area contributed by atoms with Gasteiger partial charge in [0, 0.05) is 23.9 Å². The van der Waals surface area contributed by atoms with Gasteiger partial charge in [-0.2, -0.15) is 0 Å². The van der Waals surface area contributed by atoms with Gasteiger partial charge in [-0.15, -0.1) is 4.89 Å². The van der Waals surface area contributed by atoms with E-state index in [1.165, 1.54) is 7.11 Å². The number of nitrogens with one attached hydrogen (secondary N) is 1. The quantitative estimate of drug-likeness (QED) is 0.246. The fourth-order valence-electron chi connectivity index (χ4n) is 2.31. The van der Waals surface area contributed by atoms with Gasteiger partial charge in [0.15, 0.2) is 6.23 Å². The topological polar surface area (TPSA) is 207 Å². The van der Waals surface area contributed by atoms with E-state index in [1.54, 1.807) is 0 Å². The van der Waals surface area contributed by atoms with Crippen molar-refractivity contribution in [3.8, 4) is 0 Å². The first-order chi connectivity index (χ1) is 13.0.